The quantitative estimate of drug-likeness (QED) is 0.738. The Morgan fingerprint density at radius 1 is 1.00 bits per heavy atom. The van der Waals surface area contributed by atoms with Gasteiger partial charge in [-0.15, -0.1) is 0 Å². The molecule has 0 unspecified atom stereocenters. The molecule has 0 N–H and O–H groups in total. The lowest BCUT2D eigenvalue weighted by atomic mass is 10.2. The van der Waals surface area contributed by atoms with E-state index < -0.39 is 11.6 Å². The van der Waals surface area contributed by atoms with E-state index in [0.29, 0.717) is 10.7 Å². The second-order valence-corrected chi connectivity index (χ2v) is 4.63. The molecule has 2 nitrogen and oxygen atoms in total. The van der Waals surface area contributed by atoms with Crippen LogP contribution in [0, 0.1) is 11.6 Å². The fourth-order valence-corrected chi connectivity index (χ4v) is 2.48. The maximum absolute atomic E-state index is 13.2. The molecule has 5 heteroatoms. The van der Waals surface area contributed by atoms with Crippen LogP contribution in [0.4, 0.5) is 8.78 Å². The van der Waals surface area contributed by atoms with Gasteiger partial charge in [-0.25, -0.2) is 18.7 Å². The fourth-order valence-electron chi connectivity index (χ4n) is 2.20. The number of aryl methyl sites for hydroxylation is 1. The summed E-state index contributed by atoms with van der Waals surface area (Å²) in [5.74, 6) is -1.02. The second kappa shape index (κ2) is 4.28. The third kappa shape index (κ3) is 1.97. The predicted molar refractivity (Wildman–Crippen MR) is 64.4 cm³/mol. The van der Waals surface area contributed by atoms with Crippen LogP contribution in [0.15, 0.2) is 18.2 Å². The maximum Gasteiger partial charge on any atom is 0.161 e. The normalized spacial score (nSPS) is 13.7. The number of nitrogens with zero attached hydrogens (tertiary/aromatic N) is 2. The summed E-state index contributed by atoms with van der Waals surface area (Å²) in [5, 5.41) is 0.386. The molecule has 0 atom stereocenters. The molecule has 0 bridgehead atoms. The lowest BCUT2D eigenvalue weighted by Gasteiger charge is -2.06. The third-order valence-corrected chi connectivity index (χ3v) is 3.32. The topological polar surface area (TPSA) is 25.8 Å². The second-order valence-electron chi connectivity index (χ2n) is 4.27. The smallest absolute Gasteiger partial charge is 0.161 e. The molecule has 1 heterocycles. The predicted octanol–water partition coefficient (Wildman–Crippen LogP) is 3.56. The SMILES string of the molecule is Fc1cc(F)cc(-c2nc(Cl)c3c(n2)CCC3)c1. The summed E-state index contributed by atoms with van der Waals surface area (Å²) in [6, 6.07) is 3.23. The van der Waals surface area contributed by atoms with Gasteiger partial charge in [-0.05, 0) is 31.4 Å². The zero-order chi connectivity index (χ0) is 12.7. The van der Waals surface area contributed by atoms with Crippen molar-refractivity contribution in [2.75, 3.05) is 0 Å². The molecule has 92 valence electrons. The number of hydrogen-bond acceptors (Lipinski definition) is 2. The first kappa shape index (κ1) is 11.5. The zero-order valence-electron chi connectivity index (χ0n) is 9.38. The molecular formula is C13H9ClF2N2. The standard InChI is InChI=1S/C13H9ClF2N2/c14-12-10-2-1-3-11(10)17-13(18-12)7-4-8(15)6-9(16)5-7/h4-6H,1-3H2. The Balaban J connectivity index is 2.15. The molecule has 0 radical (unpaired) electrons. The highest BCUT2D eigenvalue weighted by molar-refractivity contribution is 6.30. The van der Waals surface area contributed by atoms with Gasteiger partial charge in [-0.2, -0.15) is 0 Å². The Bertz CT molecular complexity index is 608. The van der Waals surface area contributed by atoms with E-state index in [-0.39, 0.29) is 5.82 Å². The molecule has 0 fully saturated rings. The van der Waals surface area contributed by atoms with Crippen molar-refractivity contribution in [1.29, 1.82) is 0 Å². The molecular weight excluding hydrogens is 258 g/mol. The number of hydrogen-bond donors (Lipinski definition) is 0. The minimum absolute atomic E-state index is 0.277. The third-order valence-electron chi connectivity index (χ3n) is 3.00. The number of fused-ring (bicyclic) bond motifs is 1. The molecule has 0 saturated heterocycles. The Kier molecular flexibility index (Phi) is 2.74. The average molecular weight is 267 g/mol. The van der Waals surface area contributed by atoms with Gasteiger partial charge in [0.2, 0.25) is 0 Å². The summed E-state index contributed by atoms with van der Waals surface area (Å²) in [4.78, 5) is 8.46. The van der Waals surface area contributed by atoms with Crippen LogP contribution in [0.2, 0.25) is 5.15 Å². The summed E-state index contributed by atoms with van der Waals surface area (Å²) in [5.41, 5.74) is 2.15. The van der Waals surface area contributed by atoms with E-state index in [1.54, 1.807) is 0 Å². The monoisotopic (exact) mass is 266 g/mol. The summed E-state index contributed by atoms with van der Waals surface area (Å²) in [6.07, 6.45) is 2.69. The molecule has 1 aromatic carbocycles. The van der Waals surface area contributed by atoms with Crippen LogP contribution in [0.3, 0.4) is 0 Å². The number of halogens is 3. The Hall–Kier alpha value is -1.55. The van der Waals surface area contributed by atoms with E-state index in [4.69, 9.17) is 11.6 Å². The fraction of sp³-hybridized carbons (Fsp3) is 0.231. The largest absolute Gasteiger partial charge is 0.233 e. The highest BCUT2D eigenvalue weighted by atomic mass is 35.5. The Labute approximate surface area is 108 Å². The van der Waals surface area contributed by atoms with Crippen LogP contribution in [0.1, 0.15) is 17.7 Å². The van der Waals surface area contributed by atoms with Gasteiger partial charge in [0.15, 0.2) is 5.82 Å². The van der Waals surface area contributed by atoms with Crippen molar-refractivity contribution in [1.82, 2.24) is 9.97 Å². The first-order chi connectivity index (χ1) is 8.63. The van der Waals surface area contributed by atoms with E-state index in [2.05, 4.69) is 9.97 Å². The lowest BCUT2D eigenvalue weighted by Crippen LogP contribution is -1.98. The molecule has 18 heavy (non-hydrogen) atoms. The van der Waals surface area contributed by atoms with Crippen LogP contribution in [-0.4, -0.2) is 9.97 Å². The van der Waals surface area contributed by atoms with E-state index in [0.717, 1.165) is 36.6 Å². The first-order valence-electron chi connectivity index (χ1n) is 5.65. The summed E-state index contributed by atoms with van der Waals surface area (Å²) in [7, 11) is 0. The number of rotatable bonds is 1. The number of benzene rings is 1. The molecule has 2 aromatic rings. The van der Waals surface area contributed by atoms with Crippen LogP contribution in [-0.2, 0) is 12.8 Å². The molecule has 0 spiro atoms. The molecule has 0 aliphatic heterocycles. The van der Waals surface area contributed by atoms with Gasteiger partial charge in [-0.3, -0.25) is 0 Å². The maximum atomic E-state index is 13.2. The molecule has 1 aliphatic carbocycles. The Morgan fingerprint density at radius 2 is 1.72 bits per heavy atom. The van der Waals surface area contributed by atoms with Gasteiger partial charge >= 0.3 is 0 Å². The van der Waals surface area contributed by atoms with E-state index >= 15 is 0 Å². The van der Waals surface area contributed by atoms with Gasteiger partial charge < -0.3 is 0 Å². The molecule has 1 aliphatic rings. The van der Waals surface area contributed by atoms with Crippen molar-refractivity contribution in [3.8, 4) is 11.4 Å². The lowest BCUT2D eigenvalue weighted by molar-refractivity contribution is 0.584. The number of aromatic nitrogens is 2. The molecule has 3 rings (SSSR count). The first-order valence-corrected chi connectivity index (χ1v) is 6.03. The highest BCUT2D eigenvalue weighted by Crippen LogP contribution is 2.29. The van der Waals surface area contributed by atoms with Crippen molar-refractivity contribution in [3.05, 3.63) is 46.2 Å². The summed E-state index contributed by atoms with van der Waals surface area (Å²) >= 11 is 6.07. The minimum Gasteiger partial charge on any atom is -0.233 e. The Morgan fingerprint density at radius 3 is 2.44 bits per heavy atom. The highest BCUT2D eigenvalue weighted by Gasteiger charge is 2.19. The van der Waals surface area contributed by atoms with Crippen molar-refractivity contribution < 1.29 is 8.78 Å². The van der Waals surface area contributed by atoms with Crippen molar-refractivity contribution in [2.24, 2.45) is 0 Å². The van der Waals surface area contributed by atoms with Crippen LogP contribution < -0.4 is 0 Å². The van der Waals surface area contributed by atoms with Crippen LogP contribution in [0.5, 0.6) is 0 Å². The van der Waals surface area contributed by atoms with Gasteiger partial charge in [0, 0.05) is 22.9 Å². The zero-order valence-corrected chi connectivity index (χ0v) is 10.1. The van der Waals surface area contributed by atoms with Gasteiger partial charge in [-0.1, -0.05) is 11.6 Å². The molecule has 0 amide bonds. The van der Waals surface area contributed by atoms with Gasteiger partial charge in [0.1, 0.15) is 16.8 Å². The van der Waals surface area contributed by atoms with E-state index in [9.17, 15) is 8.78 Å². The van der Waals surface area contributed by atoms with Crippen LogP contribution >= 0.6 is 11.6 Å². The average Bonchev–Trinajstić information content (AvgIpc) is 2.76. The van der Waals surface area contributed by atoms with E-state index in [1.165, 1.54) is 12.1 Å². The van der Waals surface area contributed by atoms with Gasteiger partial charge in [0.05, 0.1) is 0 Å². The van der Waals surface area contributed by atoms with Crippen molar-refractivity contribution >= 4 is 11.6 Å². The molecule has 0 saturated carbocycles. The van der Waals surface area contributed by atoms with E-state index in [1.807, 2.05) is 0 Å². The van der Waals surface area contributed by atoms with Crippen molar-refractivity contribution in [2.45, 2.75) is 19.3 Å². The molecule has 1 aromatic heterocycles. The van der Waals surface area contributed by atoms with Crippen LogP contribution in [0.25, 0.3) is 11.4 Å². The van der Waals surface area contributed by atoms with Gasteiger partial charge in [0.25, 0.3) is 0 Å². The van der Waals surface area contributed by atoms with Crippen molar-refractivity contribution in [3.63, 3.8) is 0 Å². The summed E-state index contributed by atoms with van der Waals surface area (Å²) in [6.45, 7) is 0. The minimum atomic E-state index is -0.648. The summed E-state index contributed by atoms with van der Waals surface area (Å²) < 4.78 is 26.3.